The largest absolute Gasteiger partial charge is 0.349 e. The maximum absolute atomic E-state index is 13.0. The number of nitrogens with one attached hydrogen (secondary N) is 1. The first-order chi connectivity index (χ1) is 18.1. The number of benzene rings is 2. The lowest BCUT2D eigenvalue weighted by Crippen LogP contribution is -2.46. The number of amides is 2. The Morgan fingerprint density at radius 1 is 0.973 bits per heavy atom. The minimum Gasteiger partial charge on any atom is -0.349 e. The molecule has 2 amide bonds. The highest BCUT2D eigenvalue weighted by Gasteiger charge is 2.23. The summed E-state index contributed by atoms with van der Waals surface area (Å²) in [7, 11) is 0. The summed E-state index contributed by atoms with van der Waals surface area (Å²) < 4.78 is 1.81. The molecule has 0 bridgehead atoms. The zero-order chi connectivity index (χ0) is 25.6. The molecule has 1 N–H and O–H groups in total. The second kappa shape index (κ2) is 11.0. The Bertz CT molecular complexity index is 1400. The van der Waals surface area contributed by atoms with Crippen molar-refractivity contribution in [3.05, 3.63) is 108 Å². The van der Waals surface area contributed by atoms with E-state index in [0.29, 0.717) is 18.7 Å². The number of aromatic nitrogens is 3. The van der Waals surface area contributed by atoms with Gasteiger partial charge >= 0.3 is 0 Å². The summed E-state index contributed by atoms with van der Waals surface area (Å²) in [6.07, 6.45) is 10.3. The number of aryl methyl sites for hydroxylation is 1. The van der Waals surface area contributed by atoms with Crippen molar-refractivity contribution in [3.8, 4) is 16.9 Å². The number of pyridine rings is 1. The Hall–Kier alpha value is -4.52. The molecule has 7 nitrogen and oxygen atoms in total. The van der Waals surface area contributed by atoms with Crippen molar-refractivity contribution in [2.24, 2.45) is 0 Å². The molecule has 1 fully saturated rings. The summed E-state index contributed by atoms with van der Waals surface area (Å²) >= 11 is 0. The van der Waals surface area contributed by atoms with Gasteiger partial charge in [-0.15, -0.1) is 0 Å². The van der Waals surface area contributed by atoms with Crippen LogP contribution >= 0.6 is 0 Å². The molecule has 7 heteroatoms. The normalized spacial score (nSPS) is 14.1. The standard InChI is InChI=1S/C30H29N5O2/c1-22-8-5-6-12-27(22)30(37)32-25-15-18-34(19-16-25)28(36)14-13-24-21-35(26-10-3-2-4-11-26)33-29(24)23-9-7-17-31-20-23/h2-14,17,20-21,25H,15-16,18-19H2,1H3,(H,32,37)/b14-13+. The Morgan fingerprint density at radius 3 is 2.46 bits per heavy atom. The number of piperidine rings is 1. The molecule has 1 saturated heterocycles. The van der Waals surface area contributed by atoms with E-state index in [9.17, 15) is 9.59 Å². The Labute approximate surface area is 216 Å². The molecule has 0 saturated carbocycles. The molecule has 0 aliphatic carbocycles. The van der Waals surface area contributed by atoms with E-state index < -0.39 is 0 Å². The molecule has 186 valence electrons. The first kappa shape index (κ1) is 24.2. The Balaban J connectivity index is 1.25. The van der Waals surface area contributed by atoms with Gasteiger partial charge in [0.15, 0.2) is 0 Å². The molecule has 5 rings (SSSR count). The van der Waals surface area contributed by atoms with Gasteiger partial charge in [0.05, 0.1) is 5.69 Å². The molecule has 0 spiro atoms. The molecule has 37 heavy (non-hydrogen) atoms. The van der Waals surface area contributed by atoms with E-state index in [2.05, 4.69) is 10.3 Å². The number of carbonyl (C=O) groups is 2. The molecule has 3 heterocycles. The Morgan fingerprint density at radius 2 is 1.73 bits per heavy atom. The number of likely N-dealkylation sites (tertiary alicyclic amines) is 1. The van der Waals surface area contributed by atoms with Gasteiger partial charge in [0.25, 0.3) is 5.91 Å². The quantitative estimate of drug-likeness (QED) is 0.397. The number of para-hydroxylation sites is 1. The maximum Gasteiger partial charge on any atom is 0.251 e. The predicted molar refractivity (Wildman–Crippen MR) is 144 cm³/mol. The van der Waals surface area contributed by atoms with Crippen molar-refractivity contribution in [2.45, 2.75) is 25.8 Å². The van der Waals surface area contributed by atoms with Gasteiger partial charge in [0.1, 0.15) is 5.69 Å². The molecule has 1 aliphatic rings. The van der Waals surface area contributed by atoms with E-state index in [1.807, 2.05) is 95.5 Å². The number of hydrogen-bond donors (Lipinski definition) is 1. The minimum absolute atomic E-state index is 0.0479. The first-order valence-corrected chi connectivity index (χ1v) is 12.5. The lowest BCUT2D eigenvalue weighted by atomic mass is 10.0. The van der Waals surface area contributed by atoms with Gasteiger partial charge in [-0.3, -0.25) is 14.6 Å². The van der Waals surface area contributed by atoms with Crippen LogP contribution in [0.5, 0.6) is 0 Å². The summed E-state index contributed by atoms with van der Waals surface area (Å²) in [6, 6.07) is 21.3. The van der Waals surface area contributed by atoms with Crippen molar-refractivity contribution in [1.82, 2.24) is 25.0 Å². The fourth-order valence-corrected chi connectivity index (χ4v) is 4.55. The molecule has 0 atom stereocenters. The zero-order valence-corrected chi connectivity index (χ0v) is 20.7. The van der Waals surface area contributed by atoms with Gasteiger partial charge in [0, 0.05) is 60.5 Å². The van der Waals surface area contributed by atoms with Crippen molar-refractivity contribution in [3.63, 3.8) is 0 Å². The highest BCUT2D eigenvalue weighted by atomic mass is 16.2. The maximum atomic E-state index is 13.0. The molecule has 2 aromatic carbocycles. The molecular formula is C30H29N5O2. The van der Waals surface area contributed by atoms with Crippen molar-refractivity contribution in [1.29, 1.82) is 0 Å². The van der Waals surface area contributed by atoms with E-state index >= 15 is 0 Å². The van der Waals surface area contributed by atoms with Crippen molar-refractivity contribution < 1.29 is 9.59 Å². The summed E-state index contributed by atoms with van der Waals surface area (Å²) in [5.41, 5.74) is 5.08. The van der Waals surface area contributed by atoms with Crippen LogP contribution < -0.4 is 5.32 Å². The monoisotopic (exact) mass is 491 g/mol. The molecule has 0 radical (unpaired) electrons. The van der Waals surface area contributed by atoms with Crippen LogP contribution in [0.25, 0.3) is 23.0 Å². The average molecular weight is 492 g/mol. The van der Waals surface area contributed by atoms with Crippen LogP contribution in [-0.2, 0) is 4.79 Å². The second-order valence-electron chi connectivity index (χ2n) is 9.18. The van der Waals surface area contributed by atoms with Gasteiger partial charge in [0.2, 0.25) is 5.91 Å². The lowest BCUT2D eigenvalue weighted by molar-refractivity contribution is -0.126. The Kier molecular flexibility index (Phi) is 7.21. The summed E-state index contributed by atoms with van der Waals surface area (Å²) in [5.74, 6) is -0.102. The molecular weight excluding hydrogens is 462 g/mol. The van der Waals surface area contributed by atoms with E-state index in [4.69, 9.17) is 5.10 Å². The summed E-state index contributed by atoms with van der Waals surface area (Å²) in [4.78, 5) is 31.7. The van der Waals surface area contributed by atoms with Crippen LogP contribution in [0.15, 0.2) is 91.4 Å². The fourth-order valence-electron chi connectivity index (χ4n) is 4.55. The molecule has 0 unspecified atom stereocenters. The van der Waals surface area contributed by atoms with Crippen molar-refractivity contribution >= 4 is 17.9 Å². The predicted octanol–water partition coefficient (Wildman–Crippen LogP) is 4.68. The van der Waals surface area contributed by atoms with Gasteiger partial charge in [-0.05, 0) is 61.7 Å². The van der Waals surface area contributed by atoms with Crippen molar-refractivity contribution in [2.75, 3.05) is 13.1 Å². The van der Waals surface area contributed by atoms with Gasteiger partial charge in [-0.25, -0.2) is 4.68 Å². The average Bonchev–Trinajstić information content (AvgIpc) is 3.38. The first-order valence-electron chi connectivity index (χ1n) is 12.5. The highest BCUT2D eigenvalue weighted by molar-refractivity contribution is 5.96. The molecule has 4 aromatic rings. The van der Waals surface area contributed by atoms with Crippen LogP contribution in [-0.4, -0.2) is 50.6 Å². The zero-order valence-electron chi connectivity index (χ0n) is 20.7. The molecule has 2 aromatic heterocycles. The smallest absolute Gasteiger partial charge is 0.251 e. The number of rotatable bonds is 6. The van der Waals surface area contributed by atoms with Crippen LogP contribution in [0.4, 0.5) is 0 Å². The summed E-state index contributed by atoms with van der Waals surface area (Å²) in [5, 5.41) is 7.90. The lowest BCUT2D eigenvalue weighted by Gasteiger charge is -2.31. The van der Waals surface area contributed by atoms with Gasteiger partial charge in [-0.1, -0.05) is 36.4 Å². The van der Waals surface area contributed by atoms with Gasteiger partial charge in [-0.2, -0.15) is 5.10 Å². The minimum atomic E-state index is -0.0545. The molecule has 1 aliphatic heterocycles. The number of hydrogen-bond acceptors (Lipinski definition) is 4. The SMILES string of the molecule is Cc1ccccc1C(=O)NC1CCN(C(=O)/C=C/c2cn(-c3ccccc3)nc2-c2cccnc2)CC1. The van der Waals surface area contributed by atoms with Crippen LogP contribution in [0, 0.1) is 6.92 Å². The van der Waals surface area contributed by atoms with E-state index in [1.54, 1.807) is 18.5 Å². The third kappa shape index (κ3) is 5.67. The van der Waals surface area contributed by atoms with Crippen LogP contribution in [0.3, 0.4) is 0 Å². The van der Waals surface area contributed by atoms with E-state index in [1.165, 1.54) is 0 Å². The fraction of sp³-hybridized carbons (Fsp3) is 0.200. The second-order valence-corrected chi connectivity index (χ2v) is 9.18. The van der Waals surface area contributed by atoms with E-state index in [0.717, 1.165) is 40.9 Å². The summed E-state index contributed by atoms with van der Waals surface area (Å²) in [6.45, 7) is 3.13. The third-order valence-electron chi connectivity index (χ3n) is 6.64. The number of nitrogens with zero attached hydrogens (tertiary/aromatic N) is 4. The topological polar surface area (TPSA) is 80.1 Å². The van der Waals surface area contributed by atoms with Crippen LogP contribution in [0.2, 0.25) is 0 Å². The van der Waals surface area contributed by atoms with Crippen LogP contribution in [0.1, 0.15) is 34.3 Å². The van der Waals surface area contributed by atoms with E-state index in [-0.39, 0.29) is 17.9 Å². The number of carbonyl (C=O) groups excluding carboxylic acids is 2. The van der Waals surface area contributed by atoms with Gasteiger partial charge < -0.3 is 10.2 Å². The third-order valence-corrected chi connectivity index (χ3v) is 6.64. The highest BCUT2D eigenvalue weighted by Crippen LogP contribution is 2.24.